The van der Waals surface area contributed by atoms with E-state index in [1.807, 2.05) is 12.1 Å². The molecule has 2 aromatic heterocycles. The Kier molecular flexibility index (Phi) is 6.65. The summed E-state index contributed by atoms with van der Waals surface area (Å²) in [6.07, 6.45) is 0. The molecule has 0 fully saturated rings. The van der Waals surface area contributed by atoms with Crippen molar-refractivity contribution in [1.29, 1.82) is 0 Å². The van der Waals surface area contributed by atoms with E-state index in [0.717, 1.165) is 66.1 Å². The van der Waals surface area contributed by atoms with Crippen molar-refractivity contribution in [3.05, 3.63) is 163 Å². The Morgan fingerprint density at radius 1 is 0.417 bits per heavy atom. The maximum Gasteiger partial charge on any atom is 0.164 e. The highest BCUT2D eigenvalue weighted by molar-refractivity contribution is 6.18. The zero-order valence-electron chi connectivity index (χ0n) is 26.3. The SMILES string of the molecule is Cc1ccc(-c2nc(-c3ccc(-c4ccccc4)cc3)nc(-c3ccc(-c4ccccc4)c4oc5cc6ccccc6cc5c34)n2)cc1. The normalized spacial score (nSPS) is 11.4. The third-order valence-corrected chi connectivity index (χ3v) is 9.01. The minimum Gasteiger partial charge on any atom is -0.455 e. The summed E-state index contributed by atoms with van der Waals surface area (Å²) in [5.41, 5.74) is 10.0. The molecular formula is C44H29N3O. The highest BCUT2D eigenvalue weighted by Crippen LogP contribution is 2.42. The molecule has 0 aliphatic heterocycles. The Hall–Kier alpha value is -6.39. The van der Waals surface area contributed by atoms with Gasteiger partial charge in [-0.3, -0.25) is 0 Å². The fraction of sp³-hybridized carbons (Fsp3) is 0.0227. The van der Waals surface area contributed by atoms with E-state index in [1.54, 1.807) is 0 Å². The summed E-state index contributed by atoms with van der Waals surface area (Å²) in [5.74, 6) is 1.84. The molecule has 0 N–H and O–H groups in total. The summed E-state index contributed by atoms with van der Waals surface area (Å²) in [4.78, 5) is 15.3. The number of fused-ring (bicyclic) bond motifs is 4. The molecule has 4 nitrogen and oxygen atoms in total. The molecule has 0 unspecified atom stereocenters. The lowest BCUT2D eigenvalue weighted by Gasteiger charge is -2.11. The van der Waals surface area contributed by atoms with Crippen LogP contribution in [0, 0.1) is 6.92 Å². The van der Waals surface area contributed by atoms with Crippen LogP contribution in [-0.4, -0.2) is 15.0 Å². The van der Waals surface area contributed by atoms with Gasteiger partial charge < -0.3 is 4.42 Å². The number of furan rings is 1. The van der Waals surface area contributed by atoms with Gasteiger partial charge in [0.1, 0.15) is 11.2 Å². The topological polar surface area (TPSA) is 51.8 Å². The predicted octanol–water partition coefficient (Wildman–Crippen LogP) is 11.6. The van der Waals surface area contributed by atoms with Crippen LogP contribution in [-0.2, 0) is 0 Å². The molecule has 0 aliphatic carbocycles. The molecule has 9 aromatic rings. The quantitative estimate of drug-likeness (QED) is 0.193. The van der Waals surface area contributed by atoms with Gasteiger partial charge in [-0.15, -0.1) is 0 Å². The van der Waals surface area contributed by atoms with Crippen molar-refractivity contribution < 1.29 is 4.42 Å². The van der Waals surface area contributed by atoms with Crippen LogP contribution in [0.1, 0.15) is 5.56 Å². The van der Waals surface area contributed by atoms with E-state index >= 15 is 0 Å². The summed E-state index contributed by atoms with van der Waals surface area (Å²) in [6, 6.07) is 54.5. The highest BCUT2D eigenvalue weighted by atomic mass is 16.3. The molecule has 48 heavy (non-hydrogen) atoms. The molecule has 0 saturated carbocycles. The fourth-order valence-corrected chi connectivity index (χ4v) is 6.50. The second-order valence-electron chi connectivity index (χ2n) is 12.1. The van der Waals surface area contributed by atoms with Gasteiger partial charge in [0.25, 0.3) is 0 Å². The number of nitrogens with zero attached hydrogens (tertiary/aromatic N) is 3. The van der Waals surface area contributed by atoms with Gasteiger partial charge >= 0.3 is 0 Å². The van der Waals surface area contributed by atoms with Crippen LogP contribution in [0.5, 0.6) is 0 Å². The van der Waals surface area contributed by atoms with Crippen LogP contribution in [0.3, 0.4) is 0 Å². The number of hydrogen-bond acceptors (Lipinski definition) is 4. The van der Waals surface area contributed by atoms with Crippen LogP contribution in [0.15, 0.2) is 162 Å². The van der Waals surface area contributed by atoms with Crippen LogP contribution in [0.25, 0.3) is 89.1 Å². The number of benzene rings is 7. The van der Waals surface area contributed by atoms with Crippen molar-refractivity contribution in [1.82, 2.24) is 15.0 Å². The minimum atomic E-state index is 0.600. The number of aromatic nitrogens is 3. The maximum atomic E-state index is 6.74. The van der Waals surface area contributed by atoms with Crippen molar-refractivity contribution in [2.45, 2.75) is 6.92 Å². The highest BCUT2D eigenvalue weighted by Gasteiger charge is 2.21. The minimum absolute atomic E-state index is 0.600. The Balaban J connectivity index is 1.30. The van der Waals surface area contributed by atoms with Gasteiger partial charge in [0, 0.05) is 33.0 Å². The monoisotopic (exact) mass is 615 g/mol. The second kappa shape index (κ2) is 11.4. The van der Waals surface area contributed by atoms with Crippen molar-refractivity contribution in [3.63, 3.8) is 0 Å². The first kappa shape index (κ1) is 27.9. The first-order valence-corrected chi connectivity index (χ1v) is 16.1. The van der Waals surface area contributed by atoms with Crippen molar-refractivity contribution in [3.8, 4) is 56.4 Å². The molecule has 0 aliphatic rings. The molecule has 226 valence electrons. The molecule has 7 aromatic carbocycles. The zero-order chi connectivity index (χ0) is 32.0. The summed E-state index contributed by atoms with van der Waals surface area (Å²) in [7, 11) is 0. The van der Waals surface area contributed by atoms with Gasteiger partial charge in [-0.1, -0.05) is 139 Å². The van der Waals surface area contributed by atoms with E-state index in [-0.39, 0.29) is 0 Å². The zero-order valence-corrected chi connectivity index (χ0v) is 26.3. The Morgan fingerprint density at radius 2 is 0.917 bits per heavy atom. The number of aryl methyl sites for hydroxylation is 1. The van der Waals surface area contributed by atoms with E-state index in [0.29, 0.717) is 17.5 Å². The van der Waals surface area contributed by atoms with Crippen LogP contribution < -0.4 is 0 Å². The van der Waals surface area contributed by atoms with Crippen molar-refractivity contribution in [2.24, 2.45) is 0 Å². The largest absolute Gasteiger partial charge is 0.455 e. The van der Waals surface area contributed by atoms with Crippen LogP contribution in [0.4, 0.5) is 0 Å². The van der Waals surface area contributed by atoms with E-state index in [1.165, 1.54) is 11.1 Å². The van der Waals surface area contributed by atoms with E-state index in [9.17, 15) is 0 Å². The Labute approximate surface area is 278 Å². The van der Waals surface area contributed by atoms with Gasteiger partial charge in [-0.05, 0) is 58.7 Å². The fourth-order valence-electron chi connectivity index (χ4n) is 6.50. The van der Waals surface area contributed by atoms with Gasteiger partial charge in [0.05, 0.1) is 0 Å². The third-order valence-electron chi connectivity index (χ3n) is 9.01. The summed E-state index contributed by atoms with van der Waals surface area (Å²) in [6.45, 7) is 2.08. The molecule has 4 heteroatoms. The first-order valence-electron chi connectivity index (χ1n) is 16.1. The summed E-state index contributed by atoms with van der Waals surface area (Å²) < 4.78 is 6.74. The maximum absolute atomic E-state index is 6.74. The van der Waals surface area contributed by atoms with Crippen LogP contribution >= 0.6 is 0 Å². The predicted molar refractivity (Wildman–Crippen MR) is 197 cm³/mol. The molecule has 0 spiro atoms. The molecule has 0 atom stereocenters. The van der Waals surface area contributed by atoms with Gasteiger partial charge in [-0.25, -0.2) is 15.0 Å². The lowest BCUT2D eigenvalue weighted by Crippen LogP contribution is -2.00. The van der Waals surface area contributed by atoms with Gasteiger partial charge in [-0.2, -0.15) is 0 Å². The molecule has 0 amide bonds. The van der Waals surface area contributed by atoms with E-state index in [2.05, 4.69) is 153 Å². The van der Waals surface area contributed by atoms with Gasteiger partial charge in [0.2, 0.25) is 0 Å². The Morgan fingerprint density at radius 3 is 1.58 bits per heavy atom. The molecule has 0 bridgehead atoms. The summed E-state index contributed by atoms with van der Waals surface area (Å²) in [5, 5.41) is 4.31. The second-order valence-corrected chi connectivity index (χ2v) is 12.1. The van der Waals surface area contributed by atoms with Crippen LogP contribution in [0.2, 0.25) is 0 Å². The first-order chi connectivity index (χ1) is 23.7. The third kappa shape index (κ3) is 4.91. The molecule has 2 heterocycles. The molecule has 0 saturated heterocycles. The molecular weight excluding hydrogens is 587 g/mol. The van der Waals surface area contributed by atoms with Crippen molar-refractivity contribution in [2.75, 3.05) is 0 Å². The number of hydrogen-bond donors (Lipinski definition) is 0. The standard InChI is InChI=1S/C44H29N3O/c1-28-16-18-32(19-17-28)42-45-43(33-22-20-30(21-23-33)29-10-4-2-5-11-29)47-44(46-42)37-25-24-36(31-12-6-3-7-13-31)41-40(37)38-26-34-14-8-9-15-35(34)27-39(38)48-41/h2-27H,1H3. The Bertz CT molecular complexity index is 2590. The van der Waals surface area contributed by atoms with E-state index in [4.69, 9.17) is 19.4 Å². The van der Waals surface area contributed by atoms with Crippen molar-refractivity contribution >= 4 is 32.7 Å². The molecule has 9 rings (SSSR count). The summed E-state index contributed by atoms with van der Waals surface area (Å²) >= 11 is 0. The average molecular weight is 616 g/mol. The van der Waals surface area contributed by atoms with E-state index < -0.39 is 0 Å². The average Bonchev–Trinajstić information content (AvgIpc) is 3.52. The molecule has 0 radical (unpaired) electrons. The number of rotatable bonds is 5. The smallest absolute Gasteiger partial charge is 0.164 e. The van der Waals surface area contributed by atoms with Gasteiger partial charge in [0.15, 0.2) is 17.5 Å². The lowest BCUT2D eigenvalue weighted by atomic mass is 9.97. The lowest BCUT2D eigenvalue weighted by molar-refractivity contribution is 0.670.